The van der Waals surface area contributed by atoms with Gasteiger partial charge in [-0.1, -0.05) is 32.6 Å². The van der Waals surface area contributed by atoms with Gasteiger partial charge in [0.25, 0.3) is 0 Å². The molecule has 0 aromatic carbocycles. The molecule has 0 amide bonds. The average molecular weight is 907 g/mol. The summed E-state index contributed by atoms with van der Waals surface area (Å²) in [5.74, 6) is 0.124. The summed E-state index contributed by atoms with van der Waals surface area (Å²) < 4.78 is 76.4. The van der Waals surface area contributed by atoms with Gasteiger partial charge in [-0.3, -0.25) is 4.79 Å². The van der Waals surface area contributed by atoms with Gasteiger partial charge in [0.1, 0.15) is 18.3 Å². The van der Waals surface area contributed by atoms with Crippen molar-refractivity contribution in [1.82, 2.24) is 0 Å². The summed E-state index contributed by atoms with van der Waals surface area (Å²) in [7, 11) is 0. The molecule has 11 aliphatic heterocycles. The highest BCUT2D eigenvalue weighted by Gasteiger charge is 2.64. The molecule has 11 heterocycles. The second kappa shape index (κ2) is 16.0. The van der Waals surface area contributed by atoms with E-state index in [2.05, 4.69) is 67.2 Å². The third kappa shape index (κ3) is 7.71. The molecule has 9 fully saturated rings. The lowest BCUT2D eigenvalue weighted by Gasteiger charge is -2.61. The normalized spacial score (nSPS) is 56.3. The number of ketones is 1. The molecule has 360 valence electrons. The molecule has 0 aromatic heterocycles. The Kier molecular flexibility index (Phi) is 11.2. The van der Waals surface area contributed by atoms with Gasteiger partial charge in [-0.2, -0.15) is 0 Å². The van der Waals surface area contributed by atoms with Crippen molar-refractivity contribution in [3.8, 4) is 0 Å². The van der Waals surface area contributed by atoms with Gasteiger partial charge in [-0.25, -0.2) is 4.79 Å². The molecule has 9 unspecified atom stereocenters. The van der Waals surface area contributed by atoms with E-state index in [1.54, 1.807) is 13.0 Å². The fourth-order valence-corrected chi connectivity index (χ4v) is 14.3. The minimum absolute atomic E-state index is 0.0161. The van der Waals surface area contributed by atoms with Crippen LogP contribution in [0, 0.1) is 11.8 Å². The lowest BCUT2D eigenvalue weighted by Crippen LogP contribution is -2.70. The summed E-state index contributed by atoms with van der Waals surface area (Å²) in [6.07, 6.45) is 11.8. The molecule has 0 saturated carbocycles. The molecule has 0 radical (unpaired) electrons. The van der Waals surface area contributed by atoms with Gasteiger partial charge < -0.3 is 52.1 Å². The van der Waals surface area contributed by atoms with E-state index in [0.29, 0.717) is 44.1 Å². The van der Waals surface area contributed by atoms with Crippen molar-refractivity contribution in [1.29, 1.82) is 0 Å². The van der Waals surface area contributed by atoms with Crippen molar-refractivity contribution in [3.05, 3.63) is 36.0 Å². The number of rotatable bonds is 3. The van der Waals surface area contributed by atoms with Crippen molar-refractivity contribution in [2.75, 3.05) is 0 Å². The van der Waals surface area contributed by atoms with Crippen molar-refractivity contribution in [2.24, 2.45) is 11.8 Å². The van der Waals surface area contributed by atoms with Crippen LogP contribution in [0.5, 0.6) is 0 Å². The maximum atomic E-state index is 12.3. The quantitative estimate of drug-likeness (QED) is 0.162. The van der Waals surface area contributed by atoms with E-state index in [-0.39, 0.29) is 121 Å². The molecule has 0 N–H and O–H groups in total. The summed E-state index contributed by atoms with van der Waals surface area (Å²) in [6.45, 7) is 23.0. The van der Waals surface area contributed by atoms with E-state index in [9.17, 15) is 9.59 Å². The van der Waals surface area contributed by atoms with Crippen LogP contribution < -0.4 is 0 Å². The van der Waals surface area contributed by atoms with Crippen molar-refractivity contribution >= 4 is 11.8 Å². The monoisotopic (exact) mass is 907 g/mol. The first-order valence-corrected chi connectivity index (χ1v) is 25.1. The van der Waals surface area contributed by atoms with Crippen LogP contribution in [0.25, 0.3) is 0 Å². The topological polar surface area (TPSA) is 136 Å². The van der Waals surface area contributed by atoms with Gasteiger partial charge >= 0.3 is 5.97 Å². The molecule has 13 nitrogen and oxygen atoms in total. The SMILES string of the molecule is C=C(C[C@@H]1C[C@H](C)[C@]2(C)O[C@@H]3C[C@@H]4O[C@@H]5C[C@]6(C)O[C@]7(C)CC[C@@H]8O[C@@H]9C[C@]%10(C)O[C@@H]%11C(C)=CC(=O)OC%11CC%10OC9C[C@@H](C)C8OC7CC6O[C@@]5(C)C/C=C\C4OC3CC2O1)C(C)=O. The predicted octanol–water partition coefficient (Wildman–Crippen LogP) is 7.14. The van der Waals surface area contributed by atoms with Gasteiger partial charge in [0, 0.05) is 51.0 Å². The molecule has 13 heteroatoms. The number of esters is 1. The van der Waals surface area contributed by atoms with Gasteiger partial charge in [-0.05, 0) is 104 Å². The number of hydrogen-bond acceptors (Lipinski definition) is 13. The van der Waals surface area contributed by atoms with Gasteiger partial charge in [0.05, 0.1) is 107 Å². The van der Waals surface area contributed by atoms with E-state index in [4.69, 9.17) is 52.1 Å². The van der Waals surface area contributed by atoms with Gasteiger partial charge in [-0.15, -0.1) is 0 Å². The summed E-state index contributed by atoms with van der Waals surface area (Å²) in [5, 5.41) is 0. The molecule has 0 spiro atoms. The molecular weight excluding hydrogens is 833 g/mol. The van der Waals surface area contributed by atoms with Crippen LogP contribution in [0.1, 0.15) is 139 Å². The van der Waals surface area contributed by atoms with Crippen LogP contribution in [0.4, 0.5) is 0 Å². The molecule has 65 heavy (non-hydrogen) atoms. The zero-order valence-electron chi connectivity index (χ0n) is 40.1. The number of carbonyl (C=O) groups is 2. The first-order chi connectivity index (χ1) is 30.7. The zero-order valence-corrected chi connectivity index (χ0v) is 40.1. The summed E-state index contributed by atoms with van der Waals surface area (Å²) >= 11 is 0. The minimum Gasteiger partial charge on any atom is -0.456 e. The Hall–Kier alpha value is -2.04. The predicted molar refractivity (Wildman–Crippen MR) is 236 cm³/mol. The number of hydrogen-bond donors (Lipinski definition) is 0. The Labute approximate surface area is 385 Å². The van der Waals surface area contributed by atoms with Crippen LogP contribution in [-0.4, -0.2) is 137 Å². The highest BCUT2D eigenvalue weighted by Crippen LogP contribution is 2.55. The fourth-order valence-electron chi connectivity index (χ4n) is 14.3. The van der Waals surface area contributed by atoms with Crippen molar-refractivity contribution in [2.45, 2.75) is 265 Å². The number of carbonyl (C=O) groups excluding carboxylic acids is 2. The van der Waals surface area contributed by atoms with Crippen LogP contribution in [0.15, 0.2) is 36.0 Å². The number of Topliss-reactive ketones (excluding diaryl/α,β-unsaturated/α-hetero) is 1. The average Bonchev–Trinajstić information content (AvgIpc) is 3.43. The van der Waals surface area contributed by atoms with E-state index in [0.717, 1.165) is 44.1 Å². The smallest absolute Gasteiger partial charge is 0.331 e. The van der Waals surface area contributed by atoms with Gasteiger partial charge in [0.15, 0.2) is 5.78 Å². The third-order valence-corrected chi connectivity index (χ3v) is 18.5. The van der Waals surface area contributed by atoms with Crippen molar-refractivity contribution in [3.63, 3.8) is 0 Å². The van der Waals surface area contributed by atoms with E-state index < -0.39 is 28.0 Å². The summed E-state index contributed by atoms with van der Waals surface area (Å²) in [6, 6.07) is 0. The van der Waals surface area contributed by atoms with Crippen LogP contribution >= 0.6 is 0 Å². The fraction of sp³-hybridized carbons (Fsp3) is 0.846. The van der Waals surface area contributed by atoms with Crippen LogP contribution in [0.3, 0.4) is 0 Å². The van der Waals surface area contributed by atoms with E-state index >= 15 is 0 Å². The molecule has 23 atom stereocenters. The molecule has 0 aliphatic carbocycles. The summed E-state index contributed by atoms with van der Waals surface area (Å²) in [5.41, 5.74) is -1.25. The highest BCUT2D eigenvalue weighted by molar-refractivity contribution is 5.92. The second-order valence-electron chi connectivity index (χ2n) is 23.5. The molecule has 9 saturated heterocycles. The largest absolute Gasteiger partial charge is 0.456 e. The lowest BCUT2D eigenvalue weighted by atomic mass is 9.72. The zero-order chi connectivity index (χ0) is 45.6. The Morgan fingerprint density at radius 1 is 0.692 bits per heavy atom. The maximum Gasteiger partial charge on any atom is 0.331 e. The Morgan fingerprint density at radius 3 is 2.25 bits per heavy atom. The third-order valence-electron chi connectivity index (χ3n) is 18.5. The Balaban J connectivity index is 0.772. The second-order valence-corrected chi connectivity index (χ2v) is 23.5. The molecular formula is C52H74O13. The standard InChI is InChI=1S/C52H74O13/c1-26(30(5)53)16-31-19-29(4)52(10)43(55-31)21-36-37(62-52)20-35-32(56-36)12-11-14-48(6)44(59-35)25-51(9)42(63-48)23-41-49(7,65-51)15-13-33-46(61-41)27(2)17-34-39(57-33)24-50(8)40(58-34)22-38-47(64-50)28(3)18-45(54)60-38/h11-12,18,27,29,31-44,46-47H,1,13-17,19-25H2,2-10H3/b12-11-/t27-,29+,31-,32?,33+,34?,35+,36?,37-,38?,39-,40?,41?,42?,43?,44-,46?,47-,48+,49-,50+,51+,52+/m1/s1. The molecule has 0 aromatic rings. The first-order valence-electron chi connectivity index (χ1n) is 25.1. The Morgan fingerprint density at radius 2 is 1.45 bits per heavy atom. The highest BCUT2D eigenvalue weighted by atomic mass is 16.7. The van der Waals surface area contributed by atoms with Crippen molar-refractivity contribution < 1.29 is 61.7 Å². The van der Waals surface area contributed by atoms with E-state index in [1.807, 2.05) is 6.92 Å². The minimum atomic E-state index is -0.600. The number of ether oxygens (including phenoxy) is 11. The van der Waals surface area contributed by atoms with E-state index in [1.165, 1.54) is 0 Å². The first kappa shape index (κ1) is 45.4. The van der Waals surface area contributed by atoms with Gasteiger partial charge in [0.2, 0.25) is 0 Å². The number of fused-ring (bicyclic) bond motifs is 10. The molecule has 11 rings (SSSR count). The lowest BCUT2D eigenvalue weighted by molar-refractivity contribution is -0.355. The molecule has 0 bridgehead atoms. The maximum absolute atomic E-state index is 12.3. The van der Waals surface area contributed by atoms with Crippen LogP contribution in [-0.2, 0) is 61.7 Å². The molecule has 11 aliphatic rings. The van der Waals surface area contributed by atoms with Crippen LogP contribution in [0.2, 0.25) is 0 Å². The Bertz CT molecular complexity index is 1990. The summed E-state index contributed by atoms with van der Waals surface area (Å²) in [4.78, 5) is 24.3.